The summed E-state index contributed by atoms with van der Waals surface area (Å²) in [4.78, 5) is 0. The predicted octanol–water partition coefficient (Wildman–Crippen LogP) is 3.98. The summed E-state index contributed by atoms with van der Waals surface area (Å²) in [5.74, 6) is 2.33. The van der Waals surface area contributed by atoms with Crippen LogP contribution in [0.5, 0.6) is 11.5 Å². The molecule has 1 unspecified atom stereocenters. The van der Waals surface area contributed by atoms with E-state index < -0.39 is 0 Å². The fourth-order valence-electron chi connectivity index (χ4n) is 3.30. The minimum Gasteiger partial charge on any atom is -0.493 e. The second kappa shape index (κ2) is 6.98. The molecule has 0 heterocycles. The van der Waals surface area contributed by atoms with Crippen molar-refractivity contribution in [2.75, 3.05) is 14.2 Å². The van der Waals surface area contributed by atoms with Crippen LogP contribution < -0.4 is 15.2 Å². The van der Waals surface area contributed by atoms with Crippen LogP contribution in [0, 0.1) is 12.8 Å². The van der Waals surface area contributed by atoms with E-state index in [2.05, 4.69) is 6.92 Å². The van der Waals surface area contributed by atoms with Crippen molar-refractivity contribution in [1.82, 2.24) is 0 Å². The van der Waals surface area contributed by atoms with Crippen LogP contribution in [0.2, 0.25) is 0 Å². The average molecular weight is 277 g/mol. The Balaban J connectivity index is 2.13. The molecule has 2 rings (SSSR count). The Morgan fingerprint density at radius 3 is 2.30 bits per heavy atom. The molecule has 1 aromatic rings. The molecule has 0 aromatic heterocycles. The fourth-order valence-corrected chi connectivity index (χ4v) is 3.30. The van der Waals surface area contributed by atoms with Crippen molar-refractivity contribution < 1.29 is 9.47 Å². The van der Waals surface area contributed by atoms with Crippen LogP contribution >= 0.6 is 0 Å². The summed E-state index contributed by atoms with van der Waals surface area (Å²) in [6, 6.07) is 4.16. The van der Waals surface area contributed by atoms with Crippen molar-refractivity contribution in [1.29, 1.82) is 0 Å². The largest absolute Gasteiger partial charge is 0.493 e. The number of nitrogens with two attached hydrogens (primary N) is 1. The highest BCUT2D eigenvalue weighted by atomic mass is 16.5. The molecule has 1 fully saturated rings. The zero-order valence-corrected chi connectivity index (χ0v) is 12.9. The van der Waals surface area contributed by atoms with Crippen molar-refractivity contribution in [3.05, 3.63) is 23.3 Å². The van der Waals surface area contributed by atoms with Gasteiger partial charge in [0.1, 0.15) is 0 Å². The average Bonchev–Trinajstić information content (AvgIpc) is 2.47. The molecule has 1 saturated carbocycles. The maximum absolute atomic E-state index is 6.45. The maximum atomic E-state index is 6.45. The van der Waals surface area contributed by atoms with Crippen LogP contribution in [0.15, 0.2) is 12.1 Å². The van der Waals surface area contributed by atoms with E-state index in [1.807, 2.05) is 12.1 Å². The van der Waals surface area contributed by atoms with E-state index in [0.29, 0.717) is 0 Å². The molecule has 0 aliphatic heterocycles. The lowest BCUT2D eigenvalue weighted by Crippen LogP contribution is -2.18. The SMILES string of the molecule is COc1cc(C)c(C(N)CC2CCCCC2)cc1OC. The van der Waals surface area contributed by atoms with Crippen LogP contribution in [-0.4, -0.2) is 14.2 Å². The van der Waals surface area contributed by atoms with E-state index in [1.54, 1.807) is 14.2 Å². The molecular weight excluding hydrogens is 250 g/mol. The molecule has 1 aromatic carbocycles. The molecular formula is C17H27NO2. The Labute approximate surface area is 122 Å². The highest BCUT2D eigenvalue weighted by molar-refractivity contribution is 5.48. The lowest BCUT2D eigenvalue weighted by molar-refractivity contribution is 0.317. The van der Waals surface area contributed by atoms with E-state index in [4.69, 9.17) is 15.2 Å². The zero-order chi connectivity index (χ0) is 14.5. The number of methoxy groups -OCH3 is 2. The van der Waals surface area contributed by atoms with Gasteiger partial charge in [-0.25, -0.2) is 0 Å². The first-order valence-corrected chi connectivity index (χ1v) is 7.63. The molecule has 20 heavy (non-hydrogen) atoms. The first-order chi connectivity index (χ1) is 9.65. The van der Waals surface area contributed by atoms with E-state index in [1.165, 1.54) is 43.2 Å². The minimum absolute atomic E-state index is 0.0953. The van der Waals surface area contributed by atoms with E-state index in [-0.39, 0.29) is 6.04 Å². The Morgan fingerprint density at radius 1 is 1.10 bits per heavy atom. The van der Waals surface area contributed by atoms with Crippen molar-refractivity contribution in [2.45, 2.75) is 51.5 Å². The van der Waals surface area contributed by atoms with Crippen LogP contribution in [0.4, 0.5) is 0 Å². The van der Waals surface area contributed by atoms with Gasteiger partial charge in [0.25, 0.3) is 0 Å². The van der Waals surface area contributed by atoms with Crippen LogP contribution in [0.3, 0.4) is 0 Å². The van der Waals surface area contributed by atoms with Crippen LogP contribution in [0.25, 0.3) is 0 Å². The molecule has 0 bridgehead atoms. The standard InChI is InChI=1S/C17H27NO2/c1-12-9-16(19-2)17(20-3)11-14(12)15(18)10-13-7-5-4-6-8-13/h9,11,13,15H,4-8,10,18H2,1-3H3. The van der Waals surface area contributed by atoms with Crippen LogP contribution in [0.1, 0.15) is 55.7 Å². The molecule has 1 aliphatic carbocycles. The smallest absolute Gasteiger partial charge is 0.161 e. The predicted molar refractivity (Wildman–Crippen MR) is 82.4 cm³/mol. The van der Waals surface area contributed by atoms with Gasteiger partial charge in [-0.1, -0.05) is 32.1 Å². The third kappa shape index (κ3) is 3.45. The summed E-state index contributed by atoms with van der Waals surface area (Å²) in [7, 11) is 3.34. The number of ether oxygens (including phenoxy) is 2. The van der Waals surface area contributed by atoms with Gasteiger partial charge in [0, 0.05) is 6.04 Å². The van der Waals surface area contributed by atoms with Gasteiger partial charge in [-0.05, 0) is 42.5 Å². The summed E-state index contributed by atoms with van der Waals surface area (Å²) in [6.45, 7) is 2.10. The van der Waals surface area contributed by atoms with Gasteiger partial charge in [0.2, 0.25) is 0 Å². The molecule has 1 aliphatic rings. The van der Waals surface area contributed by atoms with Gasteiger partial charge < -0.3 is 15.2 Å². The number of hydrogen-bond donors (Lipinski definition) is 1. The molecule has 0 spiro atoms. The zero-order valence-electron chi connectivity index (χ0n) is 12.9. The van der Waals surface area contributed by atoms with Gasteiger partial charge in [-0.2, -0.15) is 0 Å². The maximum Gasteiger partial charge on any atom is 0.161 e. The molecule has 3 heteroatoms. The normalized spacial score (nSPS) is 17.8. The number of aryl methyl sites for hydroxylation is 1. The lowest BCUT2D eigenvalue weighted by atomic mass is 9.83. The summed E-state index contributed by atoms with van der Waals surface area (Å²) < 4.78 is 10.7. The fraction of sp³-hybridized carbons (Fsp3) is 0.647. The quantitative estimate of drug-likeness (QED) is 0.885. The topological polar surface area (TPSA) is 44.5 Å². The van der Waals surface area contributed by atoms with Crippen molar-refractivity contribution in [2.24, 2.45) is 11.7 Å². The van der Waals surface area contributed by atoms with Crippen molar-refractivity contribution >= 4 is 0 Å². The van der Waals surface area contributed by atoms with Gasteiger partial charge in [-0.15, -0.1) is 0 Å². The van der Waals surface area contributed by atoms with E-state index in [9.17, 15) is 0 Å². The van der Waals surface area contributed by atoms with Crippen LogP contribution in [-0.2, 0) is 0 Å². The molecule has 0 amide bonds. The highest BCUT2D eigenvalue weighted by Crippen LogP contribution is 2.36. The molecule has 1 atom stereocenters. The third-order valence-corrected chi connectivity index (χ3v) is 4.48. The van der Waals surface area contributed by atoms with E-state index in [0.717, 1.165) is 23.8 Å². The molecule has 2 N–H and O–H groups in total. The van der Waals surface area contributed by atoms with E-state index >= 15 is 0 Å². The second-order valence-corrected chi connectivity index (χ2v) is 5.91. The summed E-state index contributed by atoms with van der Waals surface area (Å²) in [6.07, 6.45) is 7.86. The summed E-state index contributed by atoms with van der Waals surface area (Å²) >= 11 is 0. The Morgan fingerprint density at radius 2 is 1.70 bits per heavy atom. The van der Waals surface area contributed by atoms with Gasteiger partial charge in [0.05, 0.1) is 14.2 Å². The summed E-state index contributed by atoms with van der Waals surface area (Å²) in [5, 5.41) is 0. The third-order valence-electron chi connectivity index (χ3n) is 4.48. The molecule has 3 nitrogen and oxygen atoms in total. The van der Waals surface area contributed by atoms with Gasteiger partial charge in [0.15, 0.2) is 11.5 Å². The molecule has 0 radical (unpaired) electrons. The molecule has 112 valence electrons. The van der Waals surface area contributed by atoms with Crippen molar-refractivity contribution in [3.8, 4) is 11.5 Å². The number of benzene rings is 1. The summed E-state index contributed by atoms with van der Waals surface area (Å²) in [5.41, 5.74) is 8.82. The minimum atomic E-state index is 0.0953. The Bertz CT molecular complexity index is 439. The van der Waals surface area contributed by atoms with Gasteiger partial charge in [-0.3, -0.25) is 0 Å². The lowest BCUT2D eigenvalue weighted by Gasteiger charge is -2.26. The molecule has 0 saturated heterocycles. The number of hydrogen-bond acceptors (Lipinski definition) is 3. The second-order valence-electron chi connectivity index (χ2n) is 5.91. The number of rotatable bonds is 5. The monoisotopic (exact) mass is 277 g/mol. The first-order valence-electron chi connectivity index (χ1n) is 7.63. The Kier molecular flexibility index (Phi) is 5.30. The Hall–Kier alpha value is -1.22. The first kappa shape index (κ1) is 15.2. The highest BCUT2D eigenvalue weighted by Gasteiger charge is 2.20. The van der Waals surface area contributed by atoms with Crippen molar-refractivity contribution in [3.63, 3.8) is 0 Å². The van der Waals surface area contributed by atoms with Gasteiger partial charge >= 0.3 is 0 Å².